The van der Waals surface area contributed by atoms with Gasteiger partial charge in [-0.05, 0) is 0 Å². The summed E-state index contributed by atoms with van der Waals surface area (Å²) in [6.07, 6.45) is 3.71. The summed E-state index contributed by atoms with van der Waals surface area (Å²) in [6.45, 7) is 0.866. The molecule has 3 heteroatoms. The van der Waals surface area contributed by atoms with Crippen molar-refractivity contribution < 1.29 is 14.9 Å². The zero-order chi connectivity index (χ0) is 5.82. The van der Waals surface area contributed by atoms with Gasteiger partial charge in [-0.2, -0.15) is 0 Å². The van der Waals surface area contributed by atoms with Gasteiger partial charge in [0.1, 0.15) is 12.7 Å². The molecule has 0 unspecified atom stereocenters. The van der Waals surface area contributed by atoms with E-state index in [2.05, 4.69) is 4.89 Å². The van der Waals surface area contributed by atoms with Gasteiger partial charge in [-0.3, -0.25) is 5.26 Å². The Hall–Kier alpha value is -0.380. The summed E-state index contributed by atoms with van der Waals surface area (Å²) < 4.78 is 5.00. The summed E-state index contributed by atoms with van der Waals surface area (Å²) in [7, 11) is 0. The number of hydrogen-bond acceptors (Lipinski definition) is 3. The molecule has 1 N–H and O–H groups in total. The van der Waals surface area contributed by atoms with Gasteiger partial charge < -0.3 is 4.74 Å². The van der Waals surface area contributed by atoms with Crippen molar-refractivity contribution in [2.24, 2.45) is 0 Å². The second-order valence-corrected chi connectivity index (χ2v) is 1.60. The van der Waals surface area contributed by atoms with Crippen LogP contribution in [0.2, 0.25) is 0 Å². The first-order valence-electron chi connectivity index (χ1n) is 2.48. The molecule has 1 aliphatic heterocycles. The lowest BCUT2D eigenvalue weighted by Gasteiger charge is -2.02. The average molecular weight is 116 g/mol. The van der Waals surface area contributed by atoms with Crippen LogP contribution in [0.1, 0.15) is 0 Å². The predicted molar refractivity (Wildman–Crippen MR) is 27.5 cm³/mol. The number of ether oxygens (including phenoxy) is 1. The predicted octanol–water partition coefficient (Wildman–Crippen LogP) is 0.431. The molecule has 0 saturated carbocycles. The summed E-state index contributed by atoms with van der Waals surface area (Å²) in [4.78, 5) is 3.85. The van der Waals surface area contributed by atoms with E-state index in [0.29, 0.717) is 6.61 Å². The van der Waals surface area contributed by atoms with Crippen LogP contribution in [-0.4, -0.2) is 24.6 Å². The van der Waals surface area contributed by atoms with E-state index in [0.717, 1.165) is 0 Å². The summed E-state index contributed by atoms with van der Waals surface area (Å²) in [5, 5.41) is 7.91. The van der Waals surface area contributed by atoms with Crippen molar-refractivity contribution in [3.63, 3.8) is 0 Å². The highest BCUT2D eigenvalue weighted by Crippen LogP contribution is 2.01. The molecule has 46 valence electrons. The minimum Gasteiger partial charge on any atom is -0.368 e. The van der Waals surface area contributed by atoms with E-state index in [1.54, 1.807) is 0 Å². The van der Waals surface area contributed by atoms with Gasteiger partial charge in [-0.1, -0.05) is 12.2 Å². The van der Waals surface area contributed by atoms with E-state index in [9.17, 15) is 0 Å². The first-order valence-corrected chi connectivity index (χ1v) is 2.48. The maximum atomic E-state index is 7.91. The molecule has 1 rings (SSSR count). The SMILES string of the molecule is OOC[C@H]1C=CCO1. The van der Waals surface area contributed by atoms with Crippen LogP contribution in [0.5, 0.6) is 0 Å². The maximum Gasteiger partial charge on any atom is 0.112 e. The first-order chi connectivity index (χ1) is 3.93. The lowest BCUT2D eigenvalue weighted by atomic mass is 10.4. The molecule has 0 radical (unpaired) electrons. The second kappa shape index (κ2) is 2.81. The number of rotatable bonds is 2. The van der Waals surface area contributed by atoms with Gasteiger partial charge >= 0.3 is 0 Å². The Kier molecular flexibility index (Phi) is 2.02. The fourth-order valence-electron chi connectivity index (χ4n) is 0.619. The van der Waals surface area contributed by atoms with E-state index in [-0.39, 0.29) is 12.7 Å². The lowest BCUT2D eigenvalue weighted by molar-refractivity contribution is -0.254. The first kappa shape index (κ1) is 5.75. The molecule has 1 atom stereocenters. The molecular weight excluding hydrogens is 108 g/mol. The van der Waals surface area contributed by atoms with Gasteiger partial charge in [0.2, 0.25) is 0 Å². The molecule has 0 aliphatic carbocycles. The van der Waals surface area contributed by atoms with Crippen LogP contribution < -0.4 is 0 Å². The smallest absolute Gasteiger partial charge is 0.112 e. The minimum absolute atomic E-state index is 0.0417. The normalized spacial score (nSPS) is 26.9. The molecule has 8 heavy (non-hydrogen) atoms. The molecule has 0 fully saturated rings. The van der Waals surface area contributed by atoms with E-state index in [1.165, 1.54) is 0 Å². The van der Waals surface area contributed by atoms with Crippen LogP contribution in [0.4, 0.5) is 0 Å². The van der Waals surface area contributed by atoms with Gasteiger partial charge in [0.15, 0.2) is 0 Å². The standard InChI is InChI=1S/C5H8O3/c6-8-4-5-2-1-3-7-5/h1-2,5-6H,3-4H2/t5-/m1/s1. The van der Waals surface area contributed by atoms with Crippen molar-refractivity contribution in [2.45, 2.75) is 6.10 Å². The molecular formula is C5H8O3. The van der Waals surface area contributed by atoms with Crippen LogP contribution in [0.25, 0.3) is 0 Å². The van der Waals surface area contributed by atoms with Gasteiger partial charge in [0.05, 0.1) is 6.61 Å². The summed E-state index contributed by atoms with van der Waals surface area (Å²) >= 11 is 0. The van der Waals surface area contributed by atoms with Gasteiger partial charge in [-0.25, -0.2) is 4.89 Å². The molecule has 3 nitrogen and oxygen atoms in total. The Bertz CT molecular complexity index is 89.7. The van der Waals surface area contributed by atoms with Crippen molar-refractivity contribution in [3.05, 3.63) is 12.2 Å². The van der Waals surface area contributed by atoms with Crippen LogP contribution in [-0.2, 0) is 9.62 Å². The monoisotopic (exact) mass is 116 g/mol. The van der Waals surface area contributed by atoms with Crippen LogP contribution >= 0.6 is 0 Å². The average Bonchev–Trinajstić information content (AvgIpc) is 2.19. The van der Waals surface area contributed by atoms with Crippen LogP contribution in [0, 0.1) is 0 Å². The Balaban J connectivity index is 2.16. The number of hydrogen-bond donors (Lipinski definition) is 1. The summed E-state index contributed by atoms with van der Waals surface area (Å²) in [5.74, 6) is 0. The van der Waals surface area contributed by atoms with Gasteiger partial charge in [-0.15, -0.1) is 0 Å². The topological polar surface area (TPSA) is 38.7 Å². The minimum atomic E-state index is -0.0417. The lowest BCUT2D eigenvalue weighted by Crippen LogP contribution is -2.11. The van der Waals surface area contributed by atoms with E-state index in [1.807, 2.05) is 12.2 Å². The molecule has 0 saturated heterocycles. The Morgan fingerprint density at radius 3 is 3.25 bits per heavy atom. The zero-order valence-electron chi connectivity index (χ0n) is 4.41. The van der Waals surface area contributed by atoms with Crippen molar-refractivity contribution in [1.82, 2.24) is 0 Å². The van der Waals surface area contributed by atoms with Crippen molar-refractivity contribution in [2.75, 3.05) is 13.2 Å². The van der Waals surface area contributed by atoms with Crippen molar-refractivity contribution >= 4 is 0 Å². The Labute approximate surface area is 47.5 Å². The van der Waals surface area contributed by atoms with E-state index >= 15 is 0 Å². The Morgan fingerprint density at radius 1 is 1.88 bits per heavy atom. The summed E-state index contributed by atoms with van der Waals surface area (Å²) in [6, 6.07) is 0. The van der Waals surface area contributed by atoms with Crippen LogP contribution in [0.3, 0.4) is 0 Å². The molecule has 0 amide bonds. The van der Waals surface area contributed by atoms with E-state index in [4.69, 9.17) is 9.99 Å². The molecule has 1 heterocycles. The Morgan fingerprint density at radius 2 is 2.75 bits per heavy atom. The largest absolute Gasteiger partial charge is 0.368 e. The van der Waals surface area contributed by atoms with Gasteiger partial charge in [0.25, 0.3) is 0 Å². The fraction of sp³-hybridized carbons (Fsp3) is 0.600. The fourth-order valence-corrected chi connectivity index (χ4v) is 0.619. The molecule has 0 aromatic carbocycles. The highest BCUT2D eigenvalue weighted by atomic mass is 17.1. The zero-order valence-corrected chi connectivity index (χ0v) is 4.41. The van der Waals surface area contributed by atoms with Crippen molar-refractivity contribution in [1.29, 1.82) is 0 Å². The molecule has 0 spiro atoms. The third-order valence-corrected chi connectivity index (χ3v) is 0.996. The highest BCUT2D eigenvalue weighted by Gasteiger charge is 2.07. The molecule has 0 aromatic rings. The molecule has 0 bridgehead atoms. The van der Waals surface area contributed by atoms with E-state index < -0.39 is 0 Å². The third-order valence-electron chi connectivity index (χ3n) is 0.996. The third kappa shape index (κ3) is 1.30. The quantitative estimate of drug-likeness (QED) is 0.323. The molecule has 1 aliphatic rings. The molecule has 0 aromatic heterocycles. The van der Waals surface area contributed by atoms with Gasteiger partial charge in [0, 0.05) is 0 Å². The summed E-state index contributed by atoms with van der Waals surface area (Å²) in [5.41, 5.74) is 0. The highest BCUT2D eigenvalue weighted by molar-refractivity contribution is 4.95. The van der Waals surface area contributed by atoms with Crippen LogP contribution in [0.15, 0.2) is 12.2 Å². The second-order valence-electron chi connectivity index (χ2n) is 1.60. The maximum absolute atomic E-state index is 7.91. The van der Waals surface area contributed by atoms with Crippen molar-refractivity contribution in [3.8, 4) is 0 Å².